The molecule has 3 rings (SSSR count). The number of hydrogen-bond acceptors (Lipinski definition) is 8. The molecule has 314 valence electrons. The molecule has 3 atom stereocenters. The summed E-state index contributed by atoms with van der Waals surface area (Å²) < 4.78 is 40.0. The normalized spacial score (nSPS) is 18.1. The zero-order valence-corrected chi connectivity index (χ0v) is 34.8. The minimum atomic E-state index is -3.83. The van der Waals surface area contributed by atoms with Gasteiger partial charge in [0.15, 0.2) is 0 Å². The third-order valence-electron chi connectivity index (χ3n) is 11.3. The number of likely N-dealkylation sites (tertiary alicyclic amines) is 1. The molecule has 1 aliphatic carbocycles. The van der Waals surface area contributed by atoms with Crippen molar-refractivity contribution in [2.24, 2.45) is 17.8 Å². The number of benzene rings is 1. The highest BCUT2D eigenvalue weighted by atomic mass is 32.2. The van der Waals surface area contributed by atoms with Crippen LogP contribution in [0.1, 0.15) is 116 Å². The lowest BCUT2D eigenvalue weighted by Crippen LogP contribution is -2.65. The van der Waals surface area contributed by atoms with Crippen molar-refractivity contribution in [3.63, 3.8) is 0 Å². The third kappa shape index (κ3) is 15.9. The molecule has 1 heterocycles. The van der Waals surface area contributed by atoms with Gasteiger partial charge in [-0.2, -0.15) is 8.42 Å². The van der Waals surface area contributed by atoms with E-state index in [1.165, 1.54) is 44.2 Å². The van der Waals surface area contributed by atoms with Gasteiger partial charge < -0.3 is 24.8 Å². The Morgan fingerprint density at radius 2 is 1.73 bits per heavy atom. The number of carbonyl (C=O) groups excluding carboxylic acids is 3. The topological polar surface area (TPSA) is 179 Å². The van der Waals surface area contributed by atoms with Gasteiger partial charge in [-0.15, -0.1) is 0 Å². The van der Waals surface area contributed by atoms with Crippen LogP contribution in [0, 0.1) is 17.8 Å². The number of hydrazine groups is 1. The Morgan fingerprint density at radius 3 is 2.35 bits per heavy atom. The molecule has 1 aliphatic heterocycles. The lowest BCUT2D eigenvalue weighted by atomic mass is 9.83. The molecule has 1 aromatic rings. The second kappa shape index (κ2) is 24.1. The van der Waals surface area contributed by atoms with E-state index >= 15 is 0 Å². The van der Waals surface area contributed by atoms with Crippen LogP contribution in [0.15, 0.2) is 30.3 Å². The van der Waals surface area contributed by atoms with E-state index in [1.54, 1.807) is 12.0 Å². The quantitative estimate of drug-likeness (QED) is 0.0786. The second-order valence-corrected chi connectivity index (χ2v) is 17.4. The van der Waals surface area contributed by atoms with Crippen molar-refractivity contribution < 1.29 is 37.4 Å². The summed E-state index contributed by atoms with van der Waals surface area (Å²) in [7, 11) is -0.979. The lowest BCUT2D eigenvalue weighted by Gasteiger charge is -2.40. The molecule has 2 fully saturated rings. The van der Waals surface area contributed by atoms with Crippen LogP contribution in [0.2, 0.25) is 0 Å². The van der Waals surface area contributed by atoms with Crippen molar-refractivity contribution in [3.8, 4) is 0 Å². The molecule has 1 saturated carbocycles. The fraction of sp³-hybridized carbons (Fsp3) is 0.775. The first kappa shape index (κ1) is 46.6. The predicted molar refractivity (Wildman–Crippen MR) is 214 cm³/mol. The van der Waals surface area contributed by atoms with Gasteiger partial charge in [-0.1, -0.05) is 96.0 Å². The summed E-state index contributed by atoms with van der Waals surface area (Å²) >= 11 is 0. The Bertz CT molecular complexity index is 1390. The van der Waals surface area contributed by atoms with E-state index in [2.05, 4.69) is 20.2 Å². The number of urea groups is 1. The Balaban J connectivity index is 1.90. The van der Waals surface area contributed by atoms with Crippen LogP contribution in [0.4, 0.5) is 4.79 Å². The second-order valence-electron chi connectivity index (χ2n) is 15.7. The highest BCUT2D eigenvalue weighted by molar-refractivity contribution is 7.87. The number of methoxy groups -OCH3 is 1. The smallest absolute Gasteiger partial charge is 0.318 e. The lowest BCUT2D eigenvalue weighted by molar-refractivity contribution is -0.149. The molecule has 0 bridgehead atoms. The first-order valence-corrected chi connectivity index (χ1v) is 22.0. The summed E-state index contributed by atoms with van der Waals surface area (Å²) in [5.74, 6) is -1.20. The van der Waals surface area contributed by atoms with Gasteiger partial charge in [-0.05, 0) is 68.8 Å². The van der Waals surface area contributed by atoms with Crippen LogP contribution >= 0.6 is 0 Å². The standard InChI is InChI=1S/C40H70N6O8S/c1-6-7-23-40(24-20-33-16-12-9-13-17-33,43-39(50)45-26-21-35(22-27-45)54-30-53-5)38(49)44-46(28-25-42-55(51,52)41-4)37(48)36(31(2)3)29-34(47)19-18-32-14-10-8-11-15-32/h9,12-13,16-17,31-32,34-36,41-42,47H,6-8,10-11,14-15,18-30H2,1-5H3,(H,43,50)(H,44,49)/t34-,36-,40+/m0/s1. The van der Waals surface area contributed by atoms with Crippen LogP contribution in [-0.4, -0.2) is 106 Å². The number of piperidine rings is 1. The number of amides is 4. The van der Waals surface area contributed by atoms with Gasteiger partial charge in [0, 0.05) is 39.7 Å². The fourth-order valence-corrected chi connectivity index (χ4v) is 8.18. The van der Waals surface area contributed by atoms with Gasteiger partial charge in [-0.3, -0.25) is 20.0 Å². The van der Waals surface area contributed by atoms with Gasteiger partial charge in [0.05, 0.1) is 18.8 Å². The van der Waals surface area contributed by atoms with Crippen LogP contribution in [0.25, 0.3) is 0 Å². The van der Waals surface area contributed by atoms with Gasteiger partial charge in [-0.25, -0.2) is 14.2 Å². The fourth-order valence-electron chi connectivity index (χ4n) is 7.68. The summed E-state index contributed by atoms with van der Waals surface area (Å²) in [6.07, 6.45) is 10.7. The van der Waals surface area contributed by atoms with Crippen molar-refractivity contribution in [1.29, 1.82) is 0 Å². The largest absolute Gasteiger partial charge is 0.393 e. The number of rotatable bonds is 23. The first-order chi connectivity index (χ1) is 26.3. The Labute approximate surface area is 330 Å². The molecule has 0 spiro atoms. The number of carbonyl (C=O) groups is 3. The van der Waals surface area contributed by atoms with Crippen molar-refractivity contribution in [2.45, 2.75) is 135 Å². The monoisotopic (exact) mass is 794 g/mol. The molecule has 5 N–H and O–H groups in total. The maximum atomic E-state index is 14.8. The highest BCUT2D eigenvalue weighted by Gasteiger charge is 2.42. The molecule has 55 heavy (non-hydrogen) atoms. The number of unbranched alkanes of at least 4 members (excludes halogenated alkanes) is 1. The maximum Gasteiger partial charge on any atom is 0.318 e. The number of aliphatic hydroxyl groups excluding tert-OH is 1. The van der Waals surface area contributed by atoms with Crippen LogP contribution < -0.4 is 20.2 Å². The summed E-state index contributed by atoms with van der Waals surface area (Å²) in [6, 6.07) is 9.37. The summed E-state index contributed by atoms with van der Waals surface area (Å²) in [4.78, 5) is 45.0. The highest BCUT2D eigenvalue weighted by Crippen LogP contribution is 2.30. The Kier molecular flexibility index (Phi) is 20.4. The Morgan fingerprint density at radius 1 is 1.04 bits per heavy atom. The van der Waals surface area contributed by atoms with E-state index in [0.717, 1.165) is 18.4 Å². The zero-order chi connectivity index (χ0) is 40.3. The molecule has 1 saturated heterocycles. The number of aliphatic hydroxyl groups is 1. The molecule has 0 radical (unpaired) electrons. The molecule has 4 amide bonds. The third-order valence-corrected chi connectivity index (χ3v) is 12.4. The zero-order valence-electron chi connectivity index (χ0n) is 34.0. The Hall–Kier alpha value is -2.82. The first-order valence-electron chi connectivity index (χ1n) is 20.5. The summed E-state index contributed by atoms with van der Waals surface area (Å²) in [5.41, 5.74) is 2.48. The average Bonchev–Trinajstić information content (AvgIpc) is 3.19. The van der Waals surface area contributed by atoms with Crippen LogP contribution in [-0.2, 0) is 35.7 Å². The van der Waals surface area contributed by atoms with E-state index in [1.807, 2.05) is 51.1 Å². The van der Waals surface area contributed by atoms with Crippen LogP contribution in [0.5, 0.6) is 0 Å². The van der Waals surface area contributed by atoms with E-state index in [-0.39, 0.29) is 50.8 Å². The number of nitrogens with zero attached hydrogens (tertiary/aromatic N) is 2. The molecule has 0 aromatic heterocycles. The van der Waals surface area contributed by atoms with E-state index in [4.69, 9.17) is 9.47 Å². The number of ether oxygens (including phenoxy) is 2. The van der Waals surface area contributed by atoms with Gasteiger partial charge in [0.25, 0.3) is 16.1 Å². The van der Waals surface area contributed by atoms with Crippen LogP contribution in [0.3, 0.4) is 0 Å². The van der Waals surface area contributed by atoms with Gasteiger partial charge >= 0.3 is 6.03 Å². The van der Waals surface area contributed by atoms with Gasteiger partial charge in [0.1, 0.15) is 12.3 Å². The molecule has 2 aliphatic rings. The molecular weight excluding hydrogens is 725 g/mol. The minimum Gasteiger partial charge on any atom is -0.393 e. The SMILES string of the molecule is CCCC[C@](CCc1ccccc1)(NC(=O)N1CCC(OCOC)CC1)C(=O)NN(CCNS(=O)(=O)NC)C(=O)[C@@H](C[C@@H](O)CCC1CCCCC1)C(C)C. The van der Waals surface area contributed by atoms with Crippen molar-refractivity contribution >= 4 is 28.1 Å². The van der Waals surface area contributed by atoms with Crippen molar-refractivity contribution in [1.82, 2.24) is 30.1 Å². The number of aryl methyl sites for hydroxylation is 1. The molecule has 0 unspecified atom stereocenters. The van der Waals surface area contributed by atoms with E-state index in [0.29, 0.717) is 57.5 Å². The minimum absolute atomic E-state index is 0.0326. The summed E-state index contributed by atoms with van der Waals surface area (Å²) in [6.45, 7) is 6.56. The van der Waals surface area contributed by atoms with E-state index < -0.39 is 39.6 Å². The van der Waals surface area contributed by atoms with Crippen molar-refractivity contribution in [2.75, 3.05) is 47.1 Å². The number of nitrogens with one attached hydrogen (secondary N) is 4. The molecule has 1 aromatic carbocycles. The maximum absolute atomic E-state index is 14.8. The molecular formula is C40H70N6O8S. The molecule has 14 nitrogen and oxygen atoms in total. The van der Waals surface area contributed by atoms with E-state index in [9.17, 15) is 27.9 Å². The number of hydrogen-bond donors (Lipinski definition) is 5. The van der Waals surface area contributed by atoms with Gasteiger partial charge in [0.2, 0.25) is 5.91 Å². The summed E-state index contributed by atoms with van der Waals surface area (Å²) in [5, 5.41) is 15.5. The van der Waals surface area contributed by atoms with Crippen molar-refractivity contribution in [3.05, 3.63) is 35.9 Å². The molecule has 15 heteroatoms. The average molecular weight is 795 g/mol. The predicted octanol–water partition coefficient (Wildman–Crippen LogP) is 4.64.